The van der Waals surface area contributed by atoms with Crippen LogP contribution in [0.1, 0.15) is 21.5 Å². The summed E-state index contributed by atoms with van der Waals surface area (Å²) in [4.78, 5) is 26.3. The molecule has 0 saturated carbocycles. The number of methoxy groups -OCH3 is 2. The van der Waals surface area contributed by atoms with Gasteiger partial charge in [0.1, 0.15) is 5.70 Å². The maximum atomic E-state index is 13.3. The third-order valence-electron chi connectivity index (χ3n) is 5.99. The molecule has 3 aromatic carbocycles. The molecule has 0 aliphatic heterocycles. The van der Waals surface area contributed by atoms with E-state index in [0.29, 0.717) is 29.5 Å². The first kappa shape index (κ1) is 25.9. The van der Waals surface area contributed by atoms with Crippen LogP contribution in [0.15, 0.2) is 78.6 Å². The smallest absolute Gasteiger partial charge is 0.267 e. The van der Waals surface area contributed by atoms with Gasteiger partial charge in [-0.3, -0.25) is 9.59 Å². The van der Waals surface area contributed by atoms with Crippen LogP contribution in [-0.4, -0.2) is 37.1 Å². The molecule has 0 saturated heterocycles. The van der Waals surface area contributed by atoms with Crippen LogP contribution in [0.3, 0.4) is 0 Å². The predicted molar refractivity (Wildman–Crippen MR) is 146 cm³/mol. The second kappa shape index (κ2) is 11.7. The van der Waals surface area contributed by atoms with Crippen LogP contribution < -0.4 is 20.1 Å². The SMILES string of the molecule is COc1ccc(CCNC(=O)/C(=C/c2cn(C)c3ccccc23)NC(=O)c2ccccc2Cl)cc1OC. The van der Waals surface area contributed by atoms with Gasteiger partial charge in [0.15, 0.2) is 11.5 Å². The largest absolute Gasteiger partial charge is 0.493 e. The molecule has 0 aliphatic rings. The molecule has 190 valence electrons. The summed E-state index contributed by atoms with van der Waals surface area (Å²) in [6.07, 6.45) is 4.16. The van der Waals surface area contributed by atoms with Crippen LogP contribution in [0, 0.1) is 0 Å². The molecule has 2 N–H and O–H groups in total. The van der Waals surface area contributed by atoms with Gasteiger partial charge in [-0.2, -0.15) is 0 Å². The third kappa shape index (κ3) is 5.95. The Morgan fingerprint density at radius 2 is 1.70 bits per heavy atom. The molecule has 1 heterocycles. The third-order valence-corrected chi connectivity index (χ3v) is 6.32. The van der Waals surface area contributed by atoms with Crippen molar-refractivity contribution in [2.75, 3.05) is 20.8 Å². The standard InChI is InChI=1S/C29H28ClN3O4/c1-33-18-20(21-8-5-7-11-25(21)33)17-24(32-28(34)22-9-4-6-10-23(22)30)29(35)31-15-14-19-12-13-26(36-2)27(16-19)37-3/h4-13,16-18H,14-15H2,1-3H3,(H,31,35)(H,32,34)/b24-17-. The number of fused-ring (bicyclic) bond motifs is 1. The number of halogens is 1. The molecule has 37 heavy (non-hydrogen) atoms. The Balaban J connectivity index is 1.57. The Morgan fingerprint density at radius 1 is 0.973 bits per heavy atom. The number of aryl methyl sites for hydroxylation is 1. The highest BCUT2D eigenvalue weighted by Gasteiger charge is 2.17. The molecule has 0 aliphatic carbocycles. The Morgan fingerprint density at radius 3 is 2.46 bits per heavy atom. The molecule has 7 nitrogen and oxygen atoms in total. The number of aromatic nitrogens is 1. The van der Waals surface area contributed by atoms with E-state index in [1.807, 2.05) is 60.3 Å². The van der Waals surface area contributed by atoms with Crippen molar-refractivity contribution >= 4 is 40.4 Å². The zero-order valence-corrected chi connectivity index (χ0v) is 21.6. The molecule has 4 rings (SSSR count). The summed E-state index contributed by atoms with van der Waals surface area (Å²) in [7, 11) is 5.10. The quantitative estimate of drug-likeness (QED) is 0.307. The lowest BCUT2D eigenvalue weighted by molar-refractivity contribution is -0.117. The minimum absolute atomic E-state index is 0.119. The lowest BCUT2D eigenvalue weighted by Gasteiger charge is -2.13. The fraction of sp³-hybridized carbons (Fsp3) is 0.172. The van der Waals surface area contributed by atoms with E-state index < -0.39 is 11.8 Å². The molecule has 0 fully saturated rings. The van der Waals surface area contributed by atoms with Crippen molar-refractivity contribution in [1.29, 1.82) is 0 Å². The maximum Gasteiger partial charge on any atom is 0.267 e. The summed E-state index contributed by atoms with van der Waals surface area (Å²) in [5.41, 5.74) is 3.19. The van der Waals surface area contributed by atoms with Gasteiger partial charge in [-0.1, -0.05) is 48.0 Å². The molecular formula is C29H28ClN3O4. The van der Waals surface area contributed by atoms with Crippen molar-refractivity contribution < 1.29 is 19.1 Å². The molecule has 0 radical (unpaired) electrons. The number of carbonyl (C=O) groups is 2. The summed E-state index contributed by atoms with van der Waals surface area (Å²) >= 11 is 6.22. The molecule has 0 bridgehead atoms. The topological polar surface area (TPSA) is 81.6 Å². The van der Waals surface area contributed by atoms with Gasteiger partial charge in [0.2, 0.25) is 0 Å². The summed E-state index contributed by atoms with van der Waals surface area (Å²) in [6, 6.07) is 20.2. The number of nitrogens with one attached hydrogen (secondary N) is 2. The number of hydrogen-bond acceptors (Lipinski definition) is 4. The first-order chi connectivity index (χ1) is 17.9. The van der Waals surface area contributed by atoms with Gasteiger partial charge < -0.3 is 24.7 Å². The zero-order chi connectivity index (χ0) is 26.4. The van der Waals surface area contributed by atoms with Gasteiger partial charge in [0, 0.05) is 36.3 Å². The van der Waals surface area contributed by atoms with E-state index in [0.717, 1.165) is 22.0 Å². The van der Waals surface area contributed by atoms with E-state index in [2.05, 4.69) is 10.6 Å². The van der Waals surface area contributed by atoms with Crippen molar-refractivity contribution in [1.82, 2.24) is 15.2 Å². The summed E-state index contributed by atoms with van der Waals surface area (Å²) < 4.78 is 12.6. The molecule has 4 aromatic rings. The highest BCUT2D eigenvalue weighted by Crippen LogP contribution is 2.27. The molecule has 1 aromatic heterocycles. The van der Waals surface area contributed by atoms with Crippen molar-refractivity contribution in [3.05, 3.63) is 100 Å². The van der Waals surface area contributed by atoms with Gasteiger partial charge in [-0.05, 0) is 48.4 Å². The van der Waals surface area contributed by atoms with E-state index in [-0.39, 0.29) is 11.3 Å². The Bertz CT molecular complexity index is 1480. The van der Waals surface area contributed by atoms with Gasteiger partial charge in [-0.15, -0.1) is 0 Å². The fourth-order valence-corrected chi connectivity index (χ4v) is 4.31. The normalized spacial score (nSPS) is 11.3. The number of hydrogen-bond donors (Lipinski definition) is 2. The highest BCUT2D eigenvalue weighted by atomic mass is 35.5. The van der Waals surface area contributed by atoms with E-state index in [9.17, 15) is 9.59 Å². The minimum atomic E-state index is -0.466. The van der Waals surface area contributed by atoms with Crippen molar-refractivity contribution in [2.45, 2.75) is 6.42 Å². The number of rotatable bonds is 9. The molecule has 8 heteroatoms. The van der Waals surface area contributed by atoms with Crippen LogP contribution in [-0.2, 0) is 18.3 Å². The Kier molecular flexibility index (Phi) is 8.15. The van der Waals surface area contributed by atoms with E-state index in [4.69, 9.17) is 21.1 Å². The monoisotopic (exact) mass is 517 g/mol. The van der Waals surface area contributed by atoms with Crippen LogP contribution in [0.5, 0.6) is 11.5 Å². The average molecular weight is 518 g/mol. The molecule has 0 atom stereocenters. The predicted octanol–water partition coefficient (Wildman–Crippen LogP) is 4.98. The summed E-state index contributed by atoms with van der Waals surface area (Å²) in [5, 5.41) is 6.94. The van der Waals surface area contributed by atoms with E-state index in [1.54, 1.807) is 44.6 Å². The number of ether oxygens (including phenoxy) is 2. The van der Waals surface area contributed by atoms with Crippen molar-refractivity contribution in [3.8, 4) is 11.5 Å². The zero-order valence-electron chi connectivity index (χ0n) is 20.9. The number of amides is 2. The van der Waals surface area contributed by atoms with Crippen molar-refractivity contribution in [3.63, 3.8) is 0 Å². The first-order valence-corrected chi connectivity index (χ1v) is 12.1. The number of benzene rings is 3. The van der Waals surface area contributed by atoms with E-state index >= 15 is 0 Å². The first-order valence-electron chi connectivity index (χ1n) is 11.7. The molecule has 2 amide bonds. The second-order valence-corrected chi connectivity index (χ2v) is 8.81. The van der Waals surface area contributed by atoms with Crippen LogP contribution >= 0.6 is 11.6 Å². The van der Waals surface area contributed by atoms with Gasteiger partial charge in [-0.25, -0.2) is 0 Å². The second-order valence-electron chi connectivity index (χ2n) is 8.40. The highest BCUT2D eigenvalue weighted by molar-refractivity contribution is 6.34. The van der Waals surface area contributed by atoms with Crippen LogP contribution in [0.2, 0.25) is 5.02 Å². The van der Waals surface area contributed by atoms with Crippen LogP contribution in [0.4, 0.5) is 0 Å². The average Bonchev–Trinajstić information content (AvgIpc) is 3.23. The van der Waals surface area contributed by atoms with Crippen LogP contribution in [0.25, 0.3) is 17.0 Å². The molecule has 0 spiro atoms. The summed E-state index contributed by atoms with van der Waals surface area (Å²) in [6.45, 7) is 0.350. The Hall–Kier alpha value is -4.23. The number of carbonyl (C=O) groups excluding carboxylic acids is 2. The lowest BCUT2D eigenvalue weighted by atomic mass is 10.1. The molecule has 0 unspecified atom stereocenters. The van der Waals surface area contributed by atoms with Crippen molar-refractivity contribution in [2.24, 2.45) is 7.05 Å². The maximum absolute atomic E-state index is 13.3. The summed E-state index contributed by atoms with van der Waals surface area (Å²) in [5.74, 6) is 0.383. The lowest BCUT2D eigenvalue weighted by Crippen LogP contribution is -2.35. The number of para-hydroxylation sites is 1. The minimum Gasteiger partial charge on any atom is -0.493 e. The van der Waals surface area contributed by atoms with Gasteiger partial charge in [0.05, 0.1) is 24.8 Å². The van der Waals surface area contributed by atoms with E-state index in [1.165, 1.54) is 0 Å². The number of nitrogens with zero attached hydrogens (tertiary/aromatic N) is 1. The fourth-order valence-electron chi connectivity index (χ4n) is 4.09. The Labute approximate surface area is 220 Å². The van der Waals surface area contributed by atoms with Gasteiger partial charge in [0.25, 0.3) is 11.8 Å². The van der Waals surface area contributed by atoms with Gasteiger partial charge >= 0.3 is 0 Å². The molecular weight excluding hydrogens is 490 g/mol.